The van der Waals surface area contributed by atoms with E-state index in [-0.39, 0.29) is 17.8 Å². The molecule has 27 heavy (non-hydrogen) atoms. The van der Waals surface area contributed by atoms with E-state index in [4.69, 9.17) is 13.9 Å². The van der Waals surface area contributed by atoms with Crippen LogP contribution in [0.5, 0.6) is 11.6 Å². The average Bonchev–Trinajstić information content (AvgIpc) is 3.35. The number of ether oxygens (including phenoxy) is 2. The number of amides is 1. The van der Waals surface area contributed by atoms with Crippen molar-refractivity contribution in [3.05, 3.63) is 53.9 Å². The Bertz CT molecular complexity index is 944. The number of benzene rings is 1. The molecule has 0 spiro atoms. The van der Waals surface area contributed by atoms with Gasteiger partial charge >= 0.3 is 0 Å². The molecule has 0 saturated heterocycles. The lowest BCUT2D eigenvalue weighted by molar-refractivity contribution is 0.0925. The van der Waals surface area contributed by atoms with Crippen molar-refractivity contribution in [1.82, 2.24) is 10.3 Å². The van der Waals surface area contributed by atoms with Crippen molar-refractivity contribution in [2.45, 2.75) is 38.3 Å². The summed E-state index contributed by atoms with van der Waals surface area (Å²) in [6.07, 6.45) is 6.55. The van der Waals surface area contributed by atoms with E-state index in [9.17, 15) is 4.79 Å². The Morgan fingerprint density at radius 2 is 2.11 bits per heavy atom. The molecule has 1 saturated carbocycles. The third-order valence-electron chi connectivity index (χ3n) is 4.79. The number of nitrogens with one attached hydrogen (secondary N) is 1. The van der Waals surface area contributed by atoms with Crippen LogP contribution in [0.4, 0.5) is 0 Å². The van der Waals surface area contributed by atoms with Crippen LogP contribution < -0.4 is 14.8 Å². The highest BCUT2D eigenvalue weighted by Gasteiger charge is 2.17. The summed E-state index contributed by atoms with van der Waals surface area (Å²) in [5.41, 5.74) is 1.50. The second-order valence-electron chi connectivity index (χ2n) is 6.70. The second kappa shape index (κ2) is 7.70. The summed E-state index contributed by atoms with van der Waals surface area (Å²) in [7, 11) is 1.58. The van der Waals surface area contributed by atoms with Gasteiger partial charge in [-0.15, -0.1) is 0 Å². The first kappa shape index (κ1) is 17.4. The Kier molecular flexibility index (Phi) is 4.96. The van der Waals surface area contributed by atoms with Gasteiger partial charge < -0.3 is 19.2 Å². The van der Waals surface area contributed by atoms with E-state index in [0.717, 1.165) is 23.8 Å². The first-order valence-electron chi connectivity index (χ1n) is 9.19. The van der Waals surface area contributed by atoms with Crippen LogP contribution >= 0.6 is 0 Å². The summed E-state index contributed by atoms with van der Waals surface area (Å²) in [6, 6.07) is 11.0. The summed E-state index contributed by atoms with van der Waals surface area (Å²) < 4.78 is 16.9. The van der Waals surface area contributed by atoms with Gasteiger partial charge in [0.05, 0.1) is 7.11 Å². The van der Waals surface area contributed by atoms with E-state index < -0.39 is 0 Å². The molecule has 1 amide bonds. The lowest BCUT2D eigenvalue weighted by Gasteiger charge is -2.12. The Morgan fingerprint density at radius 3 is 2.93 bits per heavy atom. The Hall–Kier alpha value is -3.02. The fourth-order valence-electron chi connectivity index (χ4n) is 3.38. The Balaban J connectivity index is 1.42. The zero-order valence-electron chi connectivity index (χ0n) is 15.2. The molecular formula is C21H22N2O4. The van der Waals surface area contributed by atoms with Gasteiger partial charge in [0.1, 0.15) is 6.10 Å². The largest absolute Gasteiger partial charge is 0.493 e. The summed E-state index contributed by atoms with van der Waals surface area (Å²) in [5.74, 6) is 1.20. The molecule has 6 nitrogen and oxygen atoms in total. The molecule has 0 atom stereocenters. The van der Waals surface area contributed by atoms with Crippen molar-refractivity contribution in [2.75, 3.05) is 7.11 Å². The number of para-hydroxylation sites is 1. The summed E-state index contributed by atoms with van der Waals surface area (Å²) >= 11 is 0. The van der Waals surface area contributed by atoms with Crippen LogP contribution in [0.25, 0.3) is 11.0 Å². The van der Waals surface area contributed by atoms with Crippen molar-refractivity contribution in [1.29, 1.82) is 0 Å². The number of nitrogens with zero attached hydrogens (tertiary/aromatic N) is 1. The van der Waals surface area contributed by atoms with Crippen molar-refractivity contribution in [3.8, 4) is 11.6 Å². The fraction of sp³-hybridized carbons (Fsp3) is 0.333. The molecule has 3 aromatic rings. The van der Waals surface area contributed by atoms with Crippen LogP contribution in [0, 0.1) is 0 Å². The topological polar surface area (TPSA) is 73.6 Å². The smallest absolute Gasteiger partial charge is 0.287 e. The molecule has 1 aromatic carbocycles. The van der Waals surface area contributed by atoms with E-state index >= 15 is 0 Å². The highest BCUT2D eigenvalue weighted by molar-refractivity contribution is 5.97. The summed E-state index contributed by atoms with van der Waals surface area (Å²) in [5, 5.41) is 3.71. The van der Waals surface area contributed by atoms with Gasteiger partial charge in [0.15, 0.2) is 17.1 Å². The predicted octanol–water partition coefficient (Wildman–Crippen LogP) is 4.09. The lowest BCUT2D eigenvalue weighted by atomic mass is 10.2. The van der Waals surface area contributed by atoms with E-state index in [1.165, 1.54) is 12.8 Å². The standard InChI is InChI=1S/C21H22N2O4/c1-25-17-8-4-5-15-12-18(27-20(15)17)21(24)23-13-14-9-10-22-19(11-14)26-16-6-2-3-7-16/h4-5,8-12,16H,2-3,6-7,13H2,1H3,(H,23,24). The summed E-state index contributed by atoms with van der Waals surface area (Å²) in [6.45, 7) is 0.372. The first-order valence-corrected chi connectivity index (χ1v) is 9.19. The SMILES string of the molecule is COc1cccc2cc(C(=O)NCc3ccnc(OC4CCCC4)c3)oc12. The maximum Gasteiger partial charge on any atom is 0.287 e. The number of aromatic nitrogens is 1. The molecule has 6 heteroatoms. The molecule has 1 aliphatic carbocycles. The van der Waals surface area contributed by atoms with Crippen LogP contribution in [0.15, 0.2) is 47.0 Å². The van der Waals surface area contributed by atoms with Crippen molar-refractivity contribution in [3.63, 3.8) is 0 Å². The van der Waals surface area contributed by atoms with Crippen LogP contribution in [-0.4, -0.2) is 24.1 Å². The van der Waals surface area contributed by atoms with E-state index in [0.29, 0.717) is 23.8 Å². The number of carbonyl (C=O) groups excluding carboxylic acids is 1. The second-order valence-corrected chi connectivity index (χ2v) is 6.70. The number of methoxy groups -OCH3 is 1. The van der Waals surface area contributed by atoms with Crippen molar-refractivity contribution < 1.29 is 18.7 Å². The molecule has 0 radical (unpaired) electrons. The molecule has 0 unspecified atom stereocenters. The quantitative estimate of drug-likeness (QED) is 0.711. The molecule has 4 rings (SSSR count). The zero-order valence-corrected chi connectivity index (χ0v) is 15.2. The minimum absolute atomic E-state index is 0.256. The number of hydrogen-bond acceptors (Lipinski definition) is 5. The highest BCUT2D eigenvalue weighted by atomic mass is 16.5. The Morgan fingerprint density at radius 1 is 1.26 bits per heavy atom. The van der Waals surface area contributed by atoms with Crippen LogP contribution in [-0.2, 0) is 6.54 Å². The van der Waals surface area contributed by atoms with Gasteiger partial charge in [0, 0.05) is 24.2 Å². The van der Waals surface area contributed by atoms with Gasteiger partial charge in [-0.3, -0.25) is 4.79 Å². The van der Waals surface area contributed by atoms with E-state index in [1.807, 2.05) is 24.3 Å². The maximum absolute atomic E-state index is 12.5. The predicted molar refractivity (Wildman–Crippen MR) is 101 cm³/mol. The monoisotopic (exact) mass is 366 g/mol. The fourth-order valence-corrected chi connectivity index (χ4v) is 3.38. The first-order chi connectivity index (χ1) is 13.2. The van der Waals surface area contributed by atoms with Crippen LogP contribution in [0.2, 0.25) is 0 Å². The molecule has 140 valence electrons. The molecular weight excluding hydrogens is 344 g/mol. The molecule has 2 aromatic heterocycles. The molecule has 2 heterocycles. The molecule has 0 bridgehead atoms. The molecule has 1 N–H and O–H groups in total. The number of carbonyl (C=O) groups is 1. The third kappa shape index (κ3) is 3.89. The van der Waals surface area contributed by atoms with Gasteiger partial charge in [0.2, 0.25) is 5.88 Å². The highest BCUT2D eigenvalue weighted by Crippen LogP contribution is 2.28. The number of furan rings is 1. The Labute approximate surface area is 157 Å². The van der Waals surface area contributed by atoms with E-state index in [1.54, 1.807) is 25.4 Å². The van der Waals surface area contributed by atoms with Gasteiger partial charge in [-0.05, 0) is 49.4 Å². The number of rotatable bonds is 6. The number of fused-ring (bicyclic) bond motifs is 1. The minimum Gasteiger partial charge on any atom is -0.493 e. The molecule has 1 aliphatic rings. The van der Waals surface area contributed by atoms with Crippen LogP contribution in [0.3, 0.4) is 0 Å². The molecule has 1 fully saturated rings. The summed E-state index contributed by atoms with van der Waals surface area (Å²) in [4.78, 5) is 16.7. The van der Waals surface area contributed by atoms with E-state index in [2.05, 4.69) is 10.3 Å². The van der Waals surface area contributed by atoms with Crippen molar-refractivity contribution >= 4 is 16.9 Å². The van der Waals surface area contributed by atoms with Gasteiger partial charge in [-0.2, -0.15) is 0 Å². The zero-order chi connectivity index (χ0) is 18.6. The number of hydrogen-bond donors (Lipinski definition) is 1. The maximum atomic E-state index is 12.5. The third-order valence-corrected chi connectivity index (χ3v) is 4.79. The van der Waals surface area contributed by atoms with Gasteiger partial charge in [0.25, 0.3) is 5.91 Å². The normalized spacial score (nSPS) is 14.4. The average molecular weight is 366 g/mol. The van der Waals surface area contributed by atoms with Gasteiger partial charge in [-0.1, -0.05) is 12.1 Å². The minimum atomic E-state index is -0.275. The van der Waals surface area contributed by atoms with Crippen LogP contribution in [0.1, 0.15) is 41.8 Å². The molecule has 0 aliphatic heterocycles. The van der Waals surface area contributed by atoms with Crippen molar-refractivity contribution in [2.24, 2.45) is 0 Å². The van der Waals surface area contributed by atoms with Gasteiger partial charge in [-0.25, -0.2) is 4.98 Å². The lowest BCUT2D eigenvalue weighted by Crippen LogP contribution is -2.22. The number of pyridine rings is 1.